The summed E-state index contributed by atoms with van der Waals surface area (Å²) in [7, 11) is 0. The molecule has 0 aromatic heterocycles. The van der Waals surface area contributed by atoms with Gasteiger partial charge in [-0.15, -0.1) is 0 Å². The van der Waals surface area contributed by atoms with E-state index >= 15 is 0 Å². The molecule has 0 aliphatic carbocycles. The maximum atomic E-state index is 11.5. The van der Waals surface area contributed by atoms with E-state index in [0.717, 1.165) is 24.0 Å². The van der Waals surface area contributed by atoms with Crippen molar-refractivity contribution in [1.82, 2.24) is 0 Å². The van der Waals surface area contributed by atoms with Crippen LogP contribution >= 0.6 is 0 Å². The molecule has 0 radical (unpaired) electrons. The molecule has 0 aliphatic rings. The zero-order valence-corrected chi connectivity index (χ0v) is 15.7. The van der Waals surface area contributed by atoms with Crippen LogP contribution in [0.25, 0.3) is 0 Å². The number of rotatable bonds is 14. The Morgan fingerprint density at radius 3 is 1.88 bits per heavy atom. The minimum Gasteiger partial charge on any atom is -0.434 e. The Balaban J connectivity index is 1.91. The fourth-order valence-corrected chi connectivity index (χ4v) is 2.67. The highest BCUT2D eigenvalue weighted by Gasteiger charge is 2.04. The molecule has 4 heteroatoms. The third-order valence-electron chi connectivity index (χ3n) is 4.28. The number of ether oxygens (including phenoxy) is 2. The number of aliphatic hydroxyl groups is 1. The molecule has 0 spiro atoms. The molecule has 1 rings (SSSR count). The summed E-state index contributed by atoms with van der Waals surface area (Å²) in [5.41, 5.74) is 1.72. The van der Waals surface area contributed by atoms with Crippen LogP contribution in [0.15, 0.2) is 24.3 Å². The SMILES string of the molecule is CCCCCCCCCCCCOC(=O)OCc1ccc(CO)cc1. The molecular weight excluding hydrogens is 316 g/mol. The summed E-state index contributed by atoms with van der Waals surface area (Å²) in [5.74, 6) is 0. The molecule has 0 atom stereocenters. The third-order valence-corrected chi connectivity index (χ3v) is 4.28. The fourth-order valence-electron chi connectivity index (χ4n) is 2.67. The lowest BCUT2D eigenvalue weighted by molar-refractivity contribution is 0.0487. The van der Waals surface area contributed by atoms with Gasteiger partial charge in [0.1, 0.15) is 6.61 Å². The number of carbonyl (C=O) groups excluding carboxylic acids is 1. The van der Waals surface area contributed by atoms with Crippen LogP contribution in [0.4, 0.5) is 4.79 Å². The predicted molar refractivity (Wildman–Crippen MR) is 100 cm³/mol. The highest BCUT2D eigenvalue weighted by molar-refractivity contribution is 5.59. The number of unbranched alkanes of at least 4 members (excludes halogenated alkanes) is 9. The van der Waals surface area contributed by atoms with Crippen LogP contribution in [0.5, 0.6) is 0 Å². The molecule has 0 bridgehead atoms. The molecule has 1 aromatic rings. The topological polar surface area (TPSA) is 55.8 Å². The monoisotopic (exact) mass is 350 g/mol. The Labute approximate surface area is 152 Å². The maximum absolute atomic E-state index is 11.5. The third kappa shape index (κ3) is 11.6. The standard InChI is InChI=1S/C21H34O4/c1-2-3-4-5-6-7-8-9-10-11-16-24-21(23)25-18-20-14-12-19(17-22)13-15-20/h12-15,22H,2-11,16-18H2,1H3. The van der Waals surface area contributed by atoms with Crippen molar-refractivity contribution in [3.05, 3.63) is 35.4 Å². The van der Waals surface area contributed by atoms with E-state index in [4.69, 9.17) is 14.6 Å². The van der Waals surface area contributed by atoms with E-state index in [9.17, 15) is 4.79 Å². The Morgan fingerprint density at radius 2 is 1.32 bits per heavy atom. The summed E-state index contributed by atoms with van der Waals surface area (Å²) in [6, 6.07) is 7.30. The molecule has 0 saturated heterocycles. The number of aliphatic hydroxyl groups excluding tert-OH is 1. The van der Waals surface area contributed by atoms with Crippen LogP contribution in [0.3, 0.4) is 0 Å². The summed E-state index contributed by atoms with van der Waals surface area (Å²) < 4.78 is 10.1. The molecule has 0 aliphatic heterocycles. The number of hydrogen-bond acceptors (Lipinski definition) is 4. The lowest BCUT2D eigenvalue weighted by Crippen LogP contribution is -2.08. The van der Waals surface area contributed by atoms with Crippen LogP contribution in [0.2, 0.25) is 0 Å². The lowest BCUT2D eigenvalue weighted by atomic mass is 10.1. The molecule has 0 amide bonds. The first-order chi connectivity index (χ1) is 12.3. The molecule has 142 valence electrons. The second-order valence-electron chi connectivity index (χ2n) is 6.54. The molecule has 25 heavy (non-hydrogen) atoms. The number of carbonyl (C=O) groups is 1. The van der Waals surface area contributed by atoms with E-state index in [1.54, 1.807) is 0 Å². The summed E-state index contributed by atoms with van der Waals surface area (Å²) in [6.07, 6.45) is 12.0. The van der Waals surface area contributed by atoms with Crippen molar-refractivity contribution in [2.45, 2.75) is 84.3 Å². The van der Waals surface area contributed by atoms with Crippen molar-refractivity contribution < 1.29 is 19.4 Å². The highest BCUT2D eigenvalue weighted by atomic mass is 16.7. The zero-order valence-electron chi connectivity index (χ0n) is 15.7. The van der Waals surface area contributed by atoms with Crippen molar-refractivity contribution in [1.29, 1.82) is 0 Å². The van der Waals surface area contributed by atoms with E-state index < -0.39 is 6.16 Å². The van der Waals surface area contributed by atoms with Gasteiger partial charge < -0.3 is 14.6 Å². The van der Waals surface area contributed by atoms with E-state index in [2.05, 4.69) is 6.92 Å². The smallest absolute Gasteiger partial charge is 0.434 e. The van der Waals surface area contributed by atoms with Crippen LogP contribution in [-0.2, 0) is 22.7 Å². The van der Waals surface area contributed by atoms with E-state index in [1.807, 2.05) is 24.3 Å². The van der Waals surface area contributed by atoms with Gasteiger partial charge in [-0.3, -0.25) is 0 Å². The largest absolute Gasteiger partial charge is 0.508 e. The van der Waals surface area contributed by atoms with Crippen molar-refractivity contribution in [3.63, 3.8) is 0 Å². The zero-order chi connectivity index (χ0) is 18.2. The van der Waals surface area contributed by atoms with Gasteiger partial charge in [0.2, 0.25) is 0 Å². The molecule has 4 nitrogen and oxygen atoms in total. The Hall–Kier alpha value is -1.55. The van der Waals surface area contributed by atoms with E-state index in [1.165, 1.54) is 51.4 Å². The molecular formula is C21H34O4. The van der Waals surface area contributed by atoms with Gasteiger partial charge in [-0.05, 0) is 17.5 Å². The highest BCUT2D eigenvalue weighted by Crippen LogP contribution is 2.11. The number of hydrogen-bond donors (Lipinski definition) is 1. The molecule has 0 fully saturated rings. The van der Waals surface area contributed by atoms with Gasteiger partial charge in [0.25, 0.3) is 0 Å². The second kappa shape index (κ2) is 14.8. The van der Waals surface area contributed by atoms with Gasteiger partial charge in [0.15, 0.2) is 0 Å². The van der Waals surface area contributed by atoms with Crippen molar-refractivity contribution in [2.75, 3.05) is 6.61 Å². The quantitative estimate of drug-likeness (QED) is 0.343. The second-order valence-corrected chi connectivity index (χ2v) is 6.54. The number of benzene rings is 1. The fraction of sp³-hybridized carbons (Fsp3) is 0.667. The normalized spacial score (nSPS) is 10.6. The average Bonchev–Trinajstić information content (AvgIpc) is 2.65. The van der Waals surface area contributed by atoms with Gasteiger partial charge in [-0.1, -0.05) is 89.0 Å². The minimum absolute atomic E-state index is 0.0159. The van der Waals surface area contributed by atoms with Crippen LogP contribution < -0.4 is 0 Å². The van der Waals surface area contributed by atoms with Gasteiger partial charge in [0, 0.05) is 0 Å². The minimum atomic E-state index is -0.609. The van der Waals surface area contributed by atoms with Crippen LogP contribution in [0.1, 0.15) is 82.3 Å². The summed E-state index contributed by atoms with van der Waals surface area (Å²) in [5, 5.41) is 8.97. The van der Waals surface area contributed by atoms with Crippen LogP contribution in [0, 0.1) is 0 Å². The summed E-state index contributed by atoms with van der Waals surface area (Å²) >= 11 is 0. The Bertz CT molecular complexity index is 442. The molecule has 1 aromatic carbocycles. The van der Waals surface area contributed by atoms with E-state index in [0.29, 0.717) is 6.61 Å². The van der Waals surface area contributed by atoms with Gasteiger partial charge in [-0.25, -0.2) is 4.79 Å². The van der Waals surface area contributed by atoms with Gasteiger partial charge >= 0.3 is 6.16 Å². The first-order valence-corrected chi connectivity index (χ1v) is 9.74. The predicted octanol–water partition coefficient (Wildman–Crippen LogP) is 5.75. The Kier molecular flexibility index (Phi) is 12.7. The Morgan fingerprint density at radius 1 is 0.800 bits per heavy atom. The van der Waals surface area contributed by atoms with Crippen molar-refractivity contribution in [2.24, 2.45) is 0 Å². The first kappa shape index (κ1) is 21.5. The molecule has 1 N–H and O–H groups in total. The van der Waals surface area contributed by atoms with E-state index in [-0.39, 0.29) is 13.2 Å². The van der Waals surface area contributed by atoms with Gasteiger partial charge in [-0.2, -0.15) is 0 Å². The lowest BCUT2D eigenvalue weighted by Gasteiger charge is -2.07. The summed E-state index contributed by atoms with van der Waals surface area (Å²) in [6.45, 7) is 2.89. The maximum Gasteiger partial charge on any atom is 0.508 e. The van der Waals surface area contributed by atoms with Crippen molar-refractivity contribution in [3.8, 4) is 0 Å². The van der Waals surface area contributed by atoms with Gasteiger partial charge in [0.05, 0.1) is 13.2 Å². The average molecular weight is 350 g/mol. The summed E-state index contributed by atoms with van der Waals surface area (Å²) in [4.78, 5) is 11.5. The van der Waals surface area contributed by atoms with Crippen molar-refractivity contribution >= 4 is 6.16 Å². The first-order valence-electron chi connectivity index (χ1n) is 9.74. The molecule has 0 heterocycles. The molecule has 0 unspecified atom stereocenters. The molecule has 0 saturated carbocycles. The van der Waals surface area contributed by atoms with Crippen LogP contribution in [-0.4, -0.2) is 17.9 Å².